The van der Waals surface area contributed by atoms with Crippen LogP contribution in [-0.4, -0.2) is 47.9 Å². The fourth-order valence-electron chi connectivity index (χ4n) is 3.62. The molecule has 0 fully saturated rings. The van der Waals surface area contributed by atoms with Gasteiger partial charge in [-0.1, -0.05) is 31.8 Å². The predicted octanol–water partition coefficient (Wildman–Crippen LogP) is 6.00. The maximum absolute atomic E-state index is 9.32. The molecule has 4 rings (SSSR count). The summed E-state index contributed by atoms with van der Waals surface area (Å²) in [5.74, 6) is 0.799. The van der Waals surface area contributed by atoms with E-state index < -0.39 is 8.07 Å². The molecule has 8 nitrogen and oxygen atoms in total. The molecular formula is C27H31N5O3SSi. The molecule has 0 amide bonds. The Morgan fingerprint density at radius 3 is 2.65 bits per heavy atom. The molecule has 0 saturated carbocycles. The zero-order valence-corrected chi connectivity index (χ0v) is 23.4. The molecule has 3 heterocycles. The third kappa shape index (κ3) is 7.11. The molecule has 0 aliphatic heterocycles. The molecule has 0 atom stereocenters. The molecule has 0 aliphatic rings. The van der Waals surface area contributed by atoms with E-state index in [0.29, 0.717) is 13.3 Å². The van der Waals surface area contributed by atoms with Crippen LogP contribution < -0.4 is 4.74 Å². The molecule has 0 saturated heterocycles. The van der Waals surface area contributed by atoms with Crippen molar-refractivity contribution >= 4 is 36.0 Å². The molecule has 0 bridgehead atoms. The summed E-state index contributed by atoms with van der Waals surface area (Å²) >= 11 is 1.48. The van der Waals surface area contributed by atoms with Gasteiger partial charge < -0.3 is 18.8 Å². The number of methoxy groups -OCH3 is 1. The monoisotopic (exact) mass is 533 g/mol. The lowest BCUT2D eigenvalue weighted by molar-refractivity contribution is 0.0899. The lowest BCUT2D eigenvalue weighted by Crippen LogP contribution is -2.22. The number of aromatic nitrogens is 4. The van der Waals surface area contributed by atoms with E-state index in [9.17, 15) is 5.26 Å². The highest BCUT2D eigenvalue weighted by Crippen LogP contribution is 2.33. The second-order valence-corrected chi connectivity index (χ2v) is 16.4. The minimum atomic E-state index is -1.13. The van der Waals surface area contributed by atoms with Crippen LogP contribution in [0.1, 0.15) is 10.6 Å². The second-order valence-electron chi connectivity index (χ2n) is 9.76. The Morgan fingerprint density at radius 1 is 1.11 bits per heavy atom. The predicted molar refractivity (Wildman–Crippen MR) is 149 cm³/mol. The number of hydrogen-bond acceptors (Lipinski definition) is 8. The van der Waals surface area contributed by atoms with Crippen LogP contribution in [0.3, 0.4) is 0 Å². The fraction of sp³-hybridized carbons (Fsp3) is 0.333. The SMILES string of the molecule is COc1ccc(COC/C(=C\C#N)c2ncc(-c3ncnc4c3ccn4COCC[Si](C)(C)C)s2)cc1. The van der Waals surface area contributed by atoms with E-state index >= 15 is 0 Å². The first kappa shape index (κ1) is 26.7. The van der Waals surface area contributed by atoms with Crippen LogP contribution in [0.15, 0.2) is 55.1 Å². The van der Waals surface area contributed by atoms with Crippen molar-refractivity contribution in [3.8, 4) is 22.4 Å². The van der Waals surface area contributed by atoms with E-state index in [0.717, 1.165) is 56.1 Å². The number of rotatable bonds is 12. The van der Waals surface area contributed by atoms with E-state index in [1.54, 1.807) is 19.6 Å². The molecule has 0 spiro atoms. The number of nitrogens with zero attached hydrogens (tertiary/aromatic N) is 5. The molecule has 1 aromatic carbocycles. The number of thiazole rings is 1. The summed E-state index contributed by atoms with van der Waals surface area (Å²) in [4.78, 5) is 14.5. The van der Waals surface area contributed by atoms with E-state index in [2.05, 4.69) is 40.7 Å². The molecule has 10 heteroatoms. The first-order chi connectivity index (χ1) is 17.9. The van der Waals surface area contributed by atoms with Gasteiger partial charge in [-0.05, 0) is 29.8 Å². The number of allylic oxidation sites excluding steroid dienone is 1. The zero-order chi connectivity index (χ0) is 26.3. The minimum Gasteiger partial charge on any atom is -0.497 e. The molecule has 192 valence electrons. The summed E-state index contributed by atoms with van der Waals surface area (Å²) in [6.45, 7) is 8.93. The maximum Gasteiger partial charge on any atom is 0.145 e. The van der Waals surface area contributed by atoms with Gasteiger partial charge in [0.15, 0.2) is 0 Å². The van der Waals surface area contributed by atoms with Gasteiger partial charge in [-0.3, -0.25) is 0 Å². The van der Waals surface area contributed by atoms with Crippen molar-refractivity contribution in [2.24, 2.45) is 0 Å². The maximum atomic E-state index is 9.32. The summed E-state index contributed by atoms with van der Waals surface area (Å²) in [5.41, 5.74) is 3.38. The first-order valence-corrected chi connectivity index (χ1v) is 16.5. The Labute approximate surface area is 222 Å². The highest BCUT2D eigenvalue weighted by Gasteiger charge is 2.16. The third-order valence-electron chi connectivity index (χ3n) is 5.72. The van der Waals surface area contributed by atoms with Gasteiger partial charge in [0.2, 0.25) is 0 Å². The molecular weight excluding hydrogens is 502 g/mol. The second kappa shape index (κ2) is 12.3. The van der Waals surface area contributed by atoms with Crippen molar-refractivity contribution in [1.29, 1.82) is 5.26 Å². The van der Waals surface area contributed by atoms with Gasteiger partial charge in [0.05, 0.1) is 37.0 Å². The van der Waals surface area contributed by atoms with Crippen molar-refractivity contribution in [3.05, 3.63) is 65.7 Å². The number of hydrogen-bond donors (Lipinski definition) is 0. The smallest absolute Gasteiger partial charge is 0.145 e. The van der Waals surface area contributed by atoms with Crippen molar-refractivity contribution in [2.75, 3.05) is 20.3 Å². The molecule has 0 N–H and O–H groups in total. The average Bonchev–Trinajstić information content (AvgIpc) is 3.54. The van der Waals surface area contributed by atoms with Crippen LogP contribution >= 0.6 is 11.3 Å². The van der Waals surface area contributed by atoms with Gasteiger partial charge in [0, 0.05) is 44.1 Å². The van der Waals surface area contributed by atoms with Crippen LogP contribution in [0.25, 0.3) is 27.2 Å². The van der Waals surface area contributed by atoms with E-state index in [-0.39, 0.29) is 6.61 Å². The standard InChI is InChI=1S/C27H31N5O3SSi/c1-33-22-7-5-20(6-8-22)16-35-17-21(9-11-28)27-29-15-24(36-27)25-23-10-12-32(26(23)31-18-30-25)19-34-13-14-37(2,3)4/h5-10,12,15,18H,13-14,16-17,19H2,1-4H3/b21-9+. The Kier molecular flexibility index (Phi) is 8.84. The largest absolute Gasteiger partial charge is 0.497 e. The van der Waals surface area contributed by atoms with Crippen LogP contribution in [0.5, 0.6) is 5.75 Å². The molecule has 3 aromatic heterocycles. The van der Waals surface area contributed by atoms with Crippen molar-refractivity contribution in [2.45, 2.75) is 39.0 Å². The fourth-order valence-corrected chi connectivity index (χ4v) is 5.31. The van der Waals surface area contributed by atoms with Crippen LogP contribution in [0, 0.1) is 11.3 Å². The van der Waals surface area contributed by atoms with Crippen LogP contribution in [-0.2, 0) is 22.8 Å². The van der Waals surface area contributed by atoms with Gasteiger partial charge in [0.25, 0.3) is 0 Å². The van der Waals surface area contributed by atoms with Gasteiger partial charge in [-0.15, -0.1) is 11.3 Å². The average molecular weight is 534 g/mol. The number of nitriles is 1. The zero-order valence-electron chi connectivity index (χ0n) is 21.6. The van der Waals surface area contributed by atoms with E-state index in [1.807, 2.05) is 41.1 Å². The number of benzene rings is 1. The molecule has 4 aromatic rings. The van der Waals surface area contributed by atoms with Crippen molar-refractivity contribution < 1.29 is 14.2 Å². The van der Waals surface area contributed by atoms with Gasteiger partial charge in [-0.25, -0.2) is 15.0 Å². The summed E-state index contributed by atoms with van der Waals surface area (Å²) < 4.78 is 19.0. The summed E-state index contributed by atoms with van der Waals surface area (Å²) in [6, 6.07) is 13.0. The summed E-state index contributed by atoms with van der Waals surface area (Å²) in [5, 5.41) is 11.0. The number of fused-ring (bicyclic) bond motifs is 1. The normalized spacial score (nSPS) is 12.1. The molecule has 0 radical (unpaired) electrons. The van der Waals surface area contributed by atoms with Crippen LogP contribution in [0.2, 0.25) is 25.7 Å². The quantitative estimate of drug-likeness (QED) is 0.125. The van der Waals surface area contributed by atoms with Crippen LogP contribution in [0.4, 0.5) is 0 Å². The highest BCUT2D eigenvalue weighted by atomic mass is 32.1. The van der Waals surface area contributed by atoms with Gasteiger partial charge in [-0.2, -0.15) is 5.26 Å². The summed E-state index contributed by atoms with van der Waals surface area (Å²) in [7, 11) is 0.506. The van der Waals surface area contributed by atoms with Gasteiger partial charge >= 0.3 is 0 Å². The summed E-state index contributed by atoms with van der Waals surface area (Å²) in [6.07, 6.45) is 6.83. The van der Waals surface area contributed by atoms with E-state index in [1.165, 1.54) is 17.4 Å². The molecule has 0 aliphatic carbocycles. The minimum absolute atomic E-state index is 0.275. The van der Waals surface area contributed by atoms with Crippen molar-refractivity contribution in [3.63, 3.8) is 0 Å². The lowest BCUT2D eigenvalue weighted by atomic mass is 10.2. The Balaban J connectivity index is 1.45. The highest BCUT2D eigenvalue weighted by molar-refractivity contribution is 7.16. The topological polar surface area (TPSA) is 95.1 Å². The lowest BCUT2D eigenvalue weighted by Gasteiger charge is -2.15. The molecule has 0 unspecified atom stereocenters. The van der Waals surface area contributed by atoms with E-state index in [4.69, 9.17) is 14.2 Å². The third-order valence-corrected chi connectivity index (χ3v) is 8.50. The molecule has 37 heavy (non-hydrogen) atoms. The Morgan fingerprint density at radius 2 is 1.92 bits per heavy atom. The van der Waals surface area contributed by atoms with Gasteiger partial charge in [0.1, 0.15) is 29.5 Å². The van der Waals surface area contributed by atoms with Crippen molar-refractivity contribution in [1.82, 2.24) is 19.5 Å². The number of ether oxygens (including phenoxy) is 3. The Hall–Kier alpha value is -3.36. The first-order valence-electron chi connectivity index (χ1n) is 12.0. The Bertz CT molecular complexity index is 1400.